The van der Waals surface area contributed by atoms with E-state index in [9.17, 15) is 22.0 Å². The van der Waals surface area contributed by atoms with Crippen molar-refractivity contribution >= 4 is 0 Å². The second kappa shape index (κ2) is 4.61. The summed E-state index contributed by atoms with van der Waals surface area (Å²) in [6.07, 6.45) is -0.706. The first-order valence-electron chi connectivity index (χ1n) is 4.60. The number of hydrogen-bond donors (Lipinski definition) is 0. The summed E-state index contributed by atoms with van der Waals surface area (Å²) >= 11 is 0. The van der Waals surface area contributed by atoms with Gasteiger partial charge in [0.15, 0.2) is 23.3 Å². The van der Waals surface area contributed by atoms with Crippen LogP contribution in [0.25, 0.3) is 0 Å². The molecule has 0 bridgehead atoms. The zero-order valence-corrected chi connectivity index (χ0v) is 8.99. The summed E-state index contributed by atoms with van der Waals surface area (Å²) in [6.45, 7) is 0.925. The normalized spacial score (nSPS) is 13.6. The van der Waals surface area contributed by atoms with Crippen molar-refractivity contribution in [1.29, 1.82) is 10.5 Å². The van der Waals surface area contributed by atoms with Gasteiger partial charge in [0, 0.05) is 0 Å². The molecule has 1 rings (SSSR count). The first-order chi connectivity index (χ1) is 8.30. The molecule has 0 aliphatic rings. The highest BCUT2D eigenvalue weighted by Gasteiger charge is 2.38. The molecule has 0 aliphatic carbocycles. The SMILES string of the molecule is CC(C#N)(CC#N)c1c(F)c(F)c(F)c(F)c1F. The van der Waals surface area contributed by atoms with Crippen molar-refractivity contribution in [3.8, 4) is 12.1 Å². The molecule has 0 N–H and O–H groups in total. The molecular weight excluding hydrogens is 255 g/mol. The Hall–Kier alpha value is -2.15. The summed E-state index contributed by atoms with van der Waals surface area (Å²) in [5.74, 6) is -10.8. The van der Waals surface area contributed by atoms with Gasteiger partial charge in [0.25, 0.3) is 0 Å². The maximum atomic E-state index is 13.4. The molecule has 1 aromatic rings. The number of nitriles is 2. The van der Waals surface area contributed by atoms with Gasteiger partial charge < -0.3 is 0 Å². The molecule has 0 aliphatic heterocycles. The molecule has 0 saturated carbocycles. The van der Waals surface area contributed by atoms with Crippen molar-refractivity contribution in [3.63, 3.8) is 0 Å². The monoisotopic (exact) mass is 260 g/mol. The molecule has 0 amide bonds. The van der Waals surface area contributed by atoms with Crippen molar-refractivity contribution in [1.82, 2.24) is 0 Å². The Labute approximate surface area is 98.9 Å². The predicted molar refractivity (Wildman–Crippen MR) is 49.4 cm³/mol. The zero-order valence-electron chi connectivity index (χ0n) is 8.99. The molecule has 0 fully saturated rings. The second-order valence-corrected chi connectivity index (χ2v) is 3.72. The van der Waals surface area contributed by atoms with Crippen LogP contribution in [0.3, 0.4) is 0 Å². The smallest absolute Gasteiger partial charge is 0.200 e. The summed E-state index contributed by atoms with van der Waals surface area (Å²) < 4.78 is 65.6. The molecule has 18 heavy (non-hydrogen) atoms. The highest BCUT2D eigenvalue weighted by molar-refractivity contribution is 5.37. The van der Waals surface area contributed by atoms with Crippen molar-refractivity contribution in [2.24, 2.45) is 0 Å². The average molecular weight is 260 g/mol. The number of benzene rings is 1. The Morgan fingerprint density at radius 2 is 1.28 bits per heavy atom. The maximum Gasteiger partial charge on any atom is 0.200 e. The van der Waals surface area contributed by atoms with E-state index in [4.69, 9.17) is 10.5 Å². The predicted octanol–water partition coefficient (Wildman–Crippen LogP) is 3.08. The third kappa shape index (κ3) is 1.88. The average Bonchev–Trinajstić information content (AvgIpc) is 2.34. The van der Waals surface area contributed by atoms with E-state index >= 15 is 0 Å². The number of nitrogens with zero attached hydrogens (tertiary/aromatic N) is 2. The van der Waals surface area contributed by atoms with Gasteiger partial charge in [0.2, 0.25) is 5.82 Å². The van der Waals surface area contributed by atoms with Crippen molar-refractivity contribution in [2.45, 2.75) is 18.8 Å². The van der Waals surface area contributed by atoms with E-state index in [1.807, 2.05) is 0 Å². The lowest BCUT2D eigenvalue weighted by Crippen LogP contribution is -2.25. The van der Waals surface area contributed by atoms with Crippen LogP contribution < -0.4 is 0 Å². The van der Waals surface area contributed by atoms with Crippen molar-refractivity contribution < 1.29 is 22.0 Å². The largest absolute Gasteiger partial charge is 0.203 e. The first-order valence-corrected chi connectivity index (χ1v) is 4.60. The van der Waals surface area contributed by atoms with Crippen LogP contribution >= 0.6 is 0 Å². The topological polar surface area (TPSA) is 47.6 Å². The van der Waals surface area contributed by atoms with Gasteiger partial charge in [-0.25, -0.2) is 22.0 Å². The van der Waals surface area contributed by atoms with E-state index in [0.29, 0.717) is 0 Å². The molecule has 0 aromatic heterocycles. The Balaban J connectivity index is 3.72. The van der Waals surface area contributed by atoms with Crippen LogP contribution in [0.1, 0.15) is 18.9 Å². The molecule has 2 nitrogen and oxygen atoms in total. The molecule has 0 heterocycles. The first kappa shape index (κ1) is 13.9. The van der Waals surface area contributed by atoms with E-state index in [0.717, 1.165) is 6.92 Å². The summed E-state index contributed by atoms with van der Waals surface area (Å²) in [5.41, 5.74) is -3.40. The molecular formula is C11H5F5N2. The van der Waals surface area contributed by atoms with Crippen LogP contribution in [0.2, 0.25) is 0 Å². The maximum absolute atomic E-state index is 13.4. The minimum absolute atomic E-state index is 0.706. The van der Waals surface area contributed by atoms with Crippen LogP contribution in [0.4, 0.5) is 22.0 Å². The fourth-order valence-electron chi connectivity index (χ4n) is 1.43. The molecule has 0 saturated heterocycles. The highest BCUT2D eigenvalue weighted by atomic mass is 19.2. The minimum Gasteiger partial charge on any atom is -0.203 e. The minimum atomic E-state index is -2.30. The zero-order chi connectivity index (χ0) is 14.1. The van der Waals surface area contributed by atoms with Gasteiger partial charge in [-0.2, -0.15) is 10.5 Å². The van der Waals surface area contributed by atoms with Gasteiger partial charge in [0.05, 0.1) is 29.5 Å². The molecule has 1 unspecified atom stereocenters. The van der Waals surface area contributed by atoms with Gasteiger partial charge in [0.1, 0.15) is 0 Å². The van der Waals surface area contributed by atoms with Gasteiger partial charge in [-0.15, -0.1) is 0 Å². The van der Waals surface area contributed by atoms with Crippen LogP contribution in [-0.2, 0) is 5.41 Å². The quantitative estimate of drug-likeness (QED) is 0.466. The fraction of sp³-hybridized carbons (Fsp3) is 0.273. The third-order valence-corrected chi connectivity index (χ3v) is 2.44. The molecule has 0 radical (unpaired) electrons. The lowest BCUT2D eigenvalue weighted by atomic mass is 9.80. The van der Waals surface area contributed by atoms with E-state index in [2.05, 4.69) is 0 Å². The number of hydrogen-bond acceptors (Lipinski definition) is 2. The van der Waals surface area contributed by atoms with E-state index in [-0.39, 0.29) is 0 Å². The summed E-state index contributed by atoms with van der Waals surface area (Å²) in [7, 11) is 0. The Kier molecular flexibility index (Phi) is 3.57. The highest BCUT2D eigenvalue weighted by Crippen LogP contribution is 2.34. The number of halogens is 5. The Bertz CT molecular complexity index is 556. The lowest BCUT2D eigenvalue weighted by molar-refractivity contribution is 0.357. The van der Waals surface area contributed by atoms with Crippen LogP contribution in [-0.4, -0.2) is 0 Å². The Morgan fingerprint density at radius 3 is 1.61 bits per heavy atom. The van der Waals surface area contributed by atoms with E-state index in [1.54, 1.807) is 0 Å². The van der Waals surface area contributed by atoms with Crippen molar-refractivity contribution in [2.75, 3.05) is 0 Å². The van der Waals surface area contributed by atoms with E-state index < -0.39 is 46.5 Å². The van der Waals surface area contributed by atoms with Gasteiger partial charge in [-0.3, -0.25) is 0 Å². The molecule has 7 heteroatoms. The summed E-state index contributed by atoms with van der Waals surface area (Å²) in [6, 6.07) is 2.86. The standard InChI is InChI=1S/C11H5F5N2/c1-11(4-18,2-3-17)5-6(12)8(14)10(16)9(15)7(5)13/h2H2,1H3. The van der Waals surface area contributed by atoms with Crippen LogP contribution in [0, 0.1) is 51.7 Å². The lowest BCUT2D eigenvalue weighted by Gasteiger charge is -2.20. The molecule has 1 atom stereocenters. The Morgan fingerprint density at radius 1 is 0.889 bits per heavy atom. The molecule has 0 spiro atoms. The third-order valence-electron chi connectivity index (χ3n) is 2.44. The number of rotatable bonds is 2. The van der Waals surface area contributed by atoms with E-state index in [1.165, 1.54) is 12.1 Å². The van der Waals surface area contributed by atoms with Crippen molar-refractivity contribution in [3.05, 3.63) is 34.6 Å². The van der Waals surface area contributed by atoms with Gasteiger partial charge in [-0.1, -0.05) is 0 Å². The molecule has 94 valence electrons. The van der Waals surface area contributed by atoms with Gasteiger partial charge >= 0.3 is 0 Å². The van der Waals surface area contributed by atoms with Crippen LogP contribution in [0.5, 0.6) is 0 Å². The van der Waals surface area contributed by atoms with Gasteiger partial charge in [-0.05, 0) is 6.92 Å². The second-order valence-electron chi connectivity index (χ2n) is 3.72. The molecule has 1 aromatic carbocycles. The van der Waals surface area contributed by atoms with Crippen LogP contribution in [0.15, 0.2) is 0 Å². The summed E-state index contributed by atoms with van der Waals surface area (Å²) in [5, 5.41) is 17.3. The summed E-state index contributed by atoms with van der Waals surface area (Å²) in [4.78, 5) is 0. The fourth-order valence-corrected chi connectivity index (χ4v) is 1.43.